The van der Waals surface area contributed by atoms with E-state index in [1.54, 1.807) is 13.1 Å². The van der Waals surface area contributed by atoms with Crippen LogP contribution in [-0.4, -0.2) is 40.2 Å². The highest BCUT2D eigenvalue weighted by Crippen LogP contribution is 2.19. The van der Waals surface area contributed by atoms with Gasteiger partial charge >= 0.3 is 11.9 Å². The molecule has 134 valence electrons. The zero-order valence-corrected chi connectivity index (χ0v) is 14.8. The van der Waals surface area contributed by atoms with Crippen molar-refractivity contribution in [3.63, 3.8) is 0 Å². The maximum absolute atomic E-state index is 9.55. The van der Waals surface area contributed by atoms with E-state index in [0.29, 0.717) is 30.9 Å². The molecule has 4 N–H and O–H groups in total. The lowest BCUT2D eigenvalue weighted by Gasteiger charge is -1.98. The molecule has 0 radical (unpaired) electrons. The highest BCUT2D eigenvalue weighted by atomic mass is 79.9. The second-order valence-electron chi connectivity index (χ2n) is 4.17. The molecule has 0 aliphatic rings. The van der Waals surface area contributed by atoms with Crippen LogP contribution in [0.4, 0.5) is 5.69 Å². The van der Waals surface area contributed by atoms with Gasteiger partial charge in [0.25, 0.3) is 6.47 Å². The standard InChI is InChI=1S/C9H7BrN2.C4H4O4.C3H6O2/c10-7-2-1-6-3-8(11)5-12-9(6)4-7;5-3(6)1-2-4(7)8;1-2-5-3-4/h1-5H,11H2;1-2H,(H,5,6)(H,7,8);3H,2H2,1H3/b;2-1+;. The minimum Gasteiger partial charge on any atom is -0.478 e. The molecule has 0 aliphatic heterocycles. The number of nitrogens with two attached hydrogens (primary N) is 1. The second-order valence-corrected chi connectivity index (χ2v) is 5.08. The third kappa shape index (κ3) is 11.3. The number of halogens is 1. The van der Waals surface area contributed by atoms with E-state index in [1.165, 1.54) is 0 Å². The number of nitrogens with zero attached hydrogens (tertiary/aromatic N) is 1. The number of hydrogen-bond acceptors (Lipinski definition) is 6. The molecule has 0 unspecified atom stereocenters. The molecule has 0 saturated carbocycles. The van der Waals surface area contributed by atoms with Gasteiger partial charge < -0.3 is 20.7 Å². The monoisotopic (exact) mass is 412 g/mol. The summed E-state index contributed by atoms with van der Waals surface area (Å²) in [7, 11) is 0. The summed E-state index contributed by atoms with van der Waals surface area (Å²) >= 11 is 3.38. The first-order valence-electron chi connectivity index (χ1n) is 6.80. The summed E-state index contributed by atoms with van der Waals surface area (Å²) in [5, 5.41) is 16.7. The number of anilines is 1. The van der Waals surface area contributed by atoms with E-state index in [-0.39, 0.29) is 0 Å². The average Bonchev–Trinajstić information content (AvgIpc) is 2.55. The number of aliphatic carboxylic acids is 2. The van der Waals surface area contributed by atoms with Crippen LogP contribution in [0.15, 0.2) is 47.1 Å². The Kier molecular flexibility index (Phi) is 11.0. The van der Waals surface area contributed by atoms with Crippen LogP contribution in [0.3, 0.4) is 0 Å². The van der Waals surface area contributed by atoms with E-state index in [0.717, 1.165) is 15.4 Å². The molecule has 2 aromatic rings. The van der Waals surface area contributed by atoms with Crippen LogP contribution < -0.4 is 5.73 Å². The SMILES string of the molecule is CCOC=O.Nc1cnc2cc(Br)ccc2c1.O=C(O)/C=C/C(=O)O. The summed E-state index contributed by atoms with van der Waals surface area (Å²) in [6.45, 7) is 2.66. The Hall–Kier alpha value is -2.94. The lowest BCUT2D eigenvalue weighted by atomic mass is 10.2. The number of pyridine rings is 1. The van der Waals surface area contributed by atoms with E-state index >= 15 is 0 Å². The van der Waals surface area contributed by atoms with Crippen LogP contribution in [0.25, 0.3) is 10.9 Å². The van der Waals surface area contributed by atoms with Crippen molar-refractivity contribution >= 4 is 50.9 Å². The highest BCUT2D eigenvalue weighted by Gasteiger charge is 1.95. The molecule has 2 rings (SSSR count). The molecule has 0 atom stereocenters. The zero-order chi connectivity index (χ0) is 19.2. The van der Waals surface area contributed by atoms with Gasteiger partial charge in [0, 0.05) is 22.0 Å². The Bertz CT molecular complexity index is 691. The molecular formula is C16H17BrN2O6. The van der Waals surface area contributed by atoms with Crippen LogP contribution >= 0.6 is 15.9 Å². The van der Waals surface area contributed by atoms with E-state index in [9.17, 15) is 14.4 Å². The van der Waals surface area contributed by atoms with Gasteiger partial charge in [-0.25, -0.2) is 9.59 Å². The van der Waals surface area contributed by atoms with Crippen LogP contribution in [0.1, 0.15) is 6.92 Å². The number of carbonyl (C=O) groups is 3. The summed E-state index contributed by atoms with van der Waals surface area (Å²) in [5.74, 6) is -2.51. The van der Waals surface area contributed by atoms with Gasteiger partial charge in [-0.1, -0.05) is 22.0 Å². The number of carboxylic acid groups (broad SMARTS) is 2. The van der Waals surface area contributed by atoms with E-state index in [1.807, 2.05) is 24.3 Å². The average molecular weight is 413 g/mol. The Labute approximate surface area is 152 Å². The molecule has 1 aromatic heterocycles. The fraction of sp³-hybridized carbons (Fsp3) is 0.125. The Morgan fingerprint density at radius 1 is 1.24 bits per heavy atom. The molecule has 1 aromatic carbocycles. The molecular weight excluding hydrogens is 396 g/mol. The minimum atomic E-state index is -1.26. The van der Waals surface area contributed by atoms with Crippen LogP contribution in [0.2, 0.25) is 0 Å². The number of rotatable bonds is 4. The van der Waals surface area contributed by atoms with Gasteiger partial charge in [-0.05, 0) is 25.1 Å². The molecule has 8 nitrogen and oxygen atoms in total. The van der Waals surface area contributed by atoms with Crippen molar-refractivity contribution in [3.05, 3.63) is 47.1 Å². The van der Waals surface area contributed by atoms with E-state index < -0.39 is 11.9 Å². The third-order valence-electron chi connectivity index (χ3n) is 2.27. The number of carbonyl (C=O) groups excluding carboxylic acids is 1. The quantitative estimate of drug-likeness (QED) is 0.513. The Morgan fingerprint density at radius 2 is 1.84 bits per heavy atom. The van der Waals surface area contributed by atoms with Gasteiger partial charge in [0.1, 0.15) is 0 Å². The molecule has 0 spiro atoms. The van der Waals surface area contributed by atoms with Gasteiger partial charge in [0.15, 0.2) is 0 Å². The van der Waals surface area contributed by atoms with Gasteiger partial charge in [-0.15, -0.1) is 0 Å². The van der Waals surface area contributed by atoms with Crippen molar-refractivity contribution in [2.45, 2.75) is 6.92 Å². The maximum atomic E-state index is 9.55. The lowest BCUT2D eigenvalue weighted by Crippen LogP contribution is -1.91. The fourth-order valence-corrected chi connectivity index (χ4v) is 1.67. The molecule has 0 aliphatic carbocycles. The van der Waals surface area contributed by atoms with Crippen LogP contribution in [0, 0.1) is 0 Å². The molecule has 25 heavy (non-hydrogen) atoms. The van der Waals surface area contributed by atoms with Crippen molar-refractivity contribution in [3.8, 4) is 0 Å². The van der Waals surface area contributed by atoms with Crippen molar-refractivity contribution in [2.75, 3.05) is 12.3 Å². The smallest absolute Gasteiger partial charge is 0.328 e. The first-order valence-corrected chi connectivity index (χ1v) is 7.59. The number of carboxylic acids is 2. The number of benzene rings is 1. The largest absolute Gasteiger partial charge is 0.478 e. The predicted octanol–water partition coefficient (Wildman–Crippen LogP) is 2.47. The lowest BCUT2D eigenvalue weighted by molar-refractivity contribution is -0.134. The summed E-state index contributed by atoms with van der Waals surface area (Å²) in [4.78, 5) is 32.5. The van der Waals surface area contributed by atoms with Crippen molar-refractivity contribution < 1.29 is 29.3 Å². The predicted molar refractivity (Wildman–Crippen MR) is 96.0 cm³/mol. The maximum Gasteiger partial charge on any atom is 0.328 e. The number of hydrogen-bond donors (Lipinski definition) is 3. The molecule has 9 heteroatoms. The number of ether oxygens (including phenoxy) is 1. The molecule has 0 saturated heterocycles. The Balaban J connectivity index is 0.000000387. The Morgan fingerprint density at radius 3 is 2.28 bits per heavy atom. The minimum absolute atomic E-state index is 0.431. The molecule has 1 heterocycles. The second kappa shape index (κ2) is 12.5. The van der Waals surface area contributed by atoms with Crippen molar-refractivity contribution in [2.24, 2.45) is 0 Å². The van der Waals surface area contributed by atoms with Crippen molar-refractivity contribution in [1.29, 1.82) is 0 Å². The normalized spacial score (nSPS) is 9.36. The van der Waals surface area contributed by atoms with Gasteiger partial charge in [0.05, 0.1) is 24.0 Å². The first-order chi connectivity index (χ1) is 11.8. The fourth-order valence-electron chi connectivity index (χ4n) is 1.32. The topological polar surface area (TPSA) is 140 Å². The van der Waals surface area contributed by atoms with Gasteiger partial charge in [0.2, 0.25) is 0 Å². The molecule has 0 fully saturated rings. The van der Waals surface area contributed by atoms with Crippen LogP contribution in [-0.2, 0) is 19.1 Å². The summed E-state index contributed by atoms with van der Waals surface area (Å²) < 4.78 is 5.19. The van der Waals surface area contributed by atoms with Gasteiger partial charge in [-0.3, -0.25) is 9.78 Å². The number of fused-ring (bicyclic) bond motifs is 1. The van der Waals surface area contributed by atoms with Crippen molar-refractivity contribution in [1.82, 2.24) is 4.98 Å². The zero-order valence-electron chi connectivity index (χ0n) is 13.3. The summed E-state index contributed by atoms with van der Waals surface area (Å²) in [6.07, 6.45) is 2.78. The molecule has 0 bridgehead atoms. The summed E-state index contributed by atoms with van der Waals surface area (Å²) in [5.41, 5.74) is 7.24. The first kappa shape index (κ1) is 22.1. The van der Waals surface area contributed by atoms with Gasteiger partial charge in [-0.2, -0.15) is 0 Å². The highest BCUT2D eigenvalue weighted by molar-refractivity contribution is 9.10. The molecule has 0 amide bonds. The van der Waals surface area contributed by atoms with Crippen LogP contribution in [0.5, 0.6) is 0 Å². The third-order valence-corrected chi connectivity index (χ3v) is 2.76. The van der Waals surface area contributed by atoms with E-state index in [4.69, 9.17) is 15.9 Å². The summed E-state index contributed by atoms with van der Waals surface area (Å²) in [6, 6.07) is 7.84. The number of aromatic nitrogens is 1. The van der Waals surface area contributed by atoms with E-state index in [2.05, 4.69) is 25.7 Å². The number of nitrogen functional groups attached to an aromatic ring is 1.